The number of hydrogen-bond acceptors (Lipinski definition) is 4. The van der Waals surface area contributed by atoms with E-state index in [1.165, 1.54) is 17.1 Å². The smallest absolute Gasteiger partial charge is 0.332 e. The summed E-state index contributed by atoms with van der Waals surface area (Å²) in [5.74, 6) is 0. The molecule has 0 atom stereocenters. The van der Waals surface area contributed by atoms with Crippen LogP contribution in [0.3, 0.4) is 0 Å². The molecule has 0 unspecified atom stereocenters. The van der Waals surface area contributed by atoms with Crippen molar-refractivity contribution in [1.82, 2.24) is 14.7 Å². The van der Waals surface area contributed by atoms with Crippen molar-refractivity contribution in [2.45, 2.75) is 0 Å². The number of aromatic nitrogens is 3. The quantitative estimate of drug-likeness (QED) is 0.528. The molecule has 5 heteroatoms. The van der Waals surface area contributed by atoms with E-state index in [4.69, 9.17) is 4.52 Å². The second kappa shape index (κ2) is 1.91. The van der Waals surface area contributed by atoms with Gasteiger partial charge in [0, 0.05) is 19.4 Å². The van der Waals surface area contributed by atoms with Gasteiger partial charge >= 0.3 is 5.63 Å². The minimum atomic E-state index is -0.449. The maximum absolute atomic E-state index is 10.9. The normalized spacial score (nSPS) is 10.6. The summed E-state index contributed by atoms with van der Waals surface area (Å²) >= 11 is 0. The van der Waals surface area contributed by atoms with Crippen molar-refractivity contribution in [2.24, 2.45) is 7.05 Å². The van der Waals surface area contributed by atoms with E-state index in [1.54, 1.807) is 7.05 Å². The highest BCUT2D eigenvalue weighted by atomic mass is 16.5. The van der Waals surface area contributed by atoms with Gasteiger partial charge in [-0.2, -0.15) is 4.74 Å². The van der Waals surface area contributed by atoms with Gasteiger partial charge in [0.15, 0.2) is 11.2 Å². The molecule has 5 nitrogen and oxygen atoms in total. The lowest BCUT2D eigenvalue weighted by atomic mass is 10.5. The number of rotatable bonds is 0. The molecule has 0 aromatic carbocycles. The molecule has 0 aliphatic carbocycles. The Kier molecular flexibility index (Phi) is 1.06. The average molecular weight is 151 g/mol. The van der Waals surface area contributed by atoms with Gasteiger partial charge in [0.2, 0.25) is 0 Å². The van der Waals surface area contributed by atoms with Crippen LogP contribution in [0.4, 0.5) is 0 Å². The van der Waals surface area contributed by atoms with E-state index < -0.39 is 5.63 Å². The van der Waals surface area contributed by atoms with Crippen LogP contribution in [0.5, 0.6) is 0 Å². The molecule has 2 aromatic heterocycles. The van der Waals surface area contributed by atoms with Gasteiger partial charge < -0.3 is 4.52 Å². The van der Waals surface area contributed by atoms with E-state index in [0.29, 0.717) is 5.65 Å². The molecule has 2 rings (SSSR count). The summed E-state index contributed by atoms with van der Waals surface area (Å²) in [6.45, 7) is 0. The minimum Gasteiger partial charge on any atom is -0.332 e. The highest BCUT2D eigenvalue weighted by Crippen LogP contribution is 2.00. The molecule has 0 fully saturated rings. The van der Waals surface area contributed by atoms with Crippen molar-refractivity contribution in [2.75, 3.05) is 0 Å². The van der Waals surface area contributed by atoms with Gasteiger partial charge in [0.05, 0.1) is 0 Å². The van der Waals surface area contributed by atoms with Gasteiger partial charge in [0.1, 0.15) is 0 Å². The molecule has 2 aromatic rings. The first kappa shape index (κ1) is 6.09. The van der Waals surface area contributed by atoms with E-state index in [9.17, 15) is 4.79 Å². The first-order chi connectivity index (χ1) is 5.29. The predicted octanol–water partition coefficient (Wildman–Crippen LogP) is -0.0785. The molecular formula is C6H5N3O2. The maximum Gasteiger partial charge on any atom is 0.385 e. The number of fused-ring (bicyclic) bond motifs is 1. The largest absolute Gasteiger partial charge is 0.385 e. The van der Waals surface area contributed by atoms with E-state index in [2.05, 4.69) is 9.97 Å². The maximum atomic E-state index is 10.9. The number of hydrogen-bond donors (Lipinski definition) is 0. The third-order valence-corrected chi connectivity index (χ3v) is 1.39. The Morgan fingerprint density at radius 2 is 2.18 bits per heavy atom. The first-order valence-electron chi connectivity index (χ1n) is 3.06. The van der Waals surface area contributed by atoms with E-state index in [-0.39, 0.29) is 5.52 Å². The zero-order valence-corrected chi connectivity index (χ0v) is 5.81. The topological polar surface area (TPSA) is 60.9 Å². The van der Waals surface area contributed by atoms with Gasteiger partial charge in [-0.25, -0.2) is 14.8 Å². The summed E-state index contributed by atoms with van der Waals surface area (Å²) in [5, 5.41) is 0. The summed E-state index contributed by atoms with van der Waals surface area (Å²) in [7, 11) is 1.61. The summed E-state index contributed by atoms with van der Waals surface area (Å²) < 4.78 is 6.00. The van der Waals surface area contributed by atoms with Crippen LogP contribution in [-0.2, 0) is 7.05 Å². The molecular weight excluding hydrogens is 146 g/mol. The fourth-order valence-electron chi connectivity index (χ4n) is 0.916. The number of aryl methyl sites for hydroxylation is 1. The Bertz CT molecular complexity index is 442. The average Bonchev–Trinajstić information content (AvgIpc) is 2.30. The SMILES string of the molecule is Cn1oc(=O)c2nccnc21. The van der Waals surface area contributed by atoms with E-state index in [1.807, 2.05) is 0 Å². The van der Waals surface area contributed by atoms with Crippen molar-refractivity contribution in [3.63, 3.8) is 0 Å². The van der Waals surface area contributed by atoms with Crippen LogP contribution in [0.15, 0.2) is 21.7 Å². The molecule has 56 valence electrons. The van der Waals surface area contributed by atoms with Crippen LogP contribution in [0, 0.1) is 0 Å². The highest BCUT2D eigenvalue weighted by molar-refractivity contribution is 5.67. The van der Waals surface area contributed by atoms with Crippen LogP contribution in [0.25, 0.3) is 11.2 Å². The molecule has 0 spiro atoms. The molecule has 0 N–H and O–H groups in total. The Labute approximate surface area is 61.3 Å². The fraction of sp³-hybridized carbons (Fsp3) is 0.167. The van der Waals surface area contributed by atoms with Crippen LogP contribution < -0.4 is 5.63 Å². The van der Waals surface area contributed by atoms with Gasteiger partial charge in [-0.05, 0) is 0 Å². The monoisotopic (exact) mass is 151 g/mol. The molecule has 11 heavy (non-hydrogen) atoms. The molecule has 0 radical (unpaired) electrons. The summed E-state index contributed by atoms with van der Waals surface area (Å²) in [4.78, 5) is 18.6. The van der Waals surface area contributed by atoms with E-state index >= 15 is 0 Å². The standard InChI is InChI=1S/C6H5N3O2/c1-9-5-4(6(10)11-9)7-2-3-8-5/h2-3H,1H3. The molecule has 2 heterocycles. The summed E-state index contributed by atoms with van der Waals surface area (Å²) in [6.07, 6.45) is 2.97. The first-order valence-corrected chi connectivity index (χ1v) is 3.06. The minimum absolute atomic E-state index is 0.273. The highest BCUT2D eigenvalue weighted by Gasteiger charge is 2.06. The van der Waals surface area contributed by atoms with Crippen molar-refractivity contribution < 1.29 is 4.52 Å². The van der Waals surface area contributed by atoms with Crippen molar-refractivity contribution in [3.8, 4) is 0 Å². The lowest BCUT2D eigenvalue weighted by molar-refractivity contribution is 0.294. The fourth-order valence-corrected chi connectivity index (χ4v) is 0.916. The molecule has 0 bridgehead atoms. The lowest BCUT2D eigenvalue weighted by Crippen LogP contribution is -1.93. The van der Waals surface area contributed by atoms with Crippen molar-refractivity contribution in [1.29, 1.82) is 0 Å². The molecule has 0 amide bonds. The van der Waals surface area contributed by atoms with E-state index in [0.717, 1.165) is 0 Å². The zero-order chi connectivity index (χ0) is 7.84. The second-order valence-corrected chi connectivity index (χ2v) is 2.10. The van der Waals surface area contributed by atoms with Crippen LogP contribution in [0.2, 0.25) is 0 Å². The lowest BCUT2D eigenvalue weighted by Gasteiger charge is -1.86. The van der Waals surface area contributed by atoms with Gasteiger partial charge in [-0.3, -0.25) is 0 Å². The van der Waals surface area contributed by atoms with Gasteiger partial charge in [-0.15, -0.1) is 0 Å². The Morgan fingerprint density at radius 1 is 1.45 bits per heavy atom. The molecule has 0 saturated heterocycles. The van der Waals surface area contributed by atoms with Gasteiger partial charge in [-0.1, -0.05) is 0 Å². The summed E-state index contributed by atoms with van der Waals surface area (Å²) in [5.41, 5.74) is 0.295. The molecule has 0 aliphatic heterocycles. The van der Waals surface area contributed by atoms with Crippen LogP contribution in [-0.4, -0.2) is 14.7 Å². The molecule has 0 saturated carbocycles. The third kappa shape index (κ3) is 0.739. The number of nitrogens with zero attached hydrogens (tertiary/aromatic N) is 3. The third-order valence-electron chi connectivity index (χ3n) is 1.39. The van der Waals surface area contributed by atoms with Crippen molar-refractivity contribution in [3.05, 3.63) is 22.8 Å². The predicted molar refractivity (Wildman–Crippen MR) is 37.0 cm³/mol. The Morgan fingerprint density at radius 3 is 2.91 bits per heavy atom. The van der Waals surface area contributed by atoms with Crippen LogP contribution in [0.1, 0.15) is 0 Å². The second-order valence-electron chi connectivity index (χ2n) is 2.10. The van der Waals surface area contributed by atoms with Crippen molar-refractivity contribution >= 4 is 11.2 Å². The zero-order valence-electron chi connectivity index (χ0n) is 5.81. The Hall–Kier alpha value is -1.65. The summed E-state index contributed by atoms with van der Waals surface area (Å²) in [6, 6.07) is 0. The Balaban J connectivity index is 3.07. The molecule has 0 aliphatic rings. The van der Waals surface area contributed by atoms with Gasteiger partial charge in [0.25, 0.3) is 0 Å². The van der Waals surface area contributed by atoms with Crippen LogP contribution >= 0.6 is 0 Å².